The van der Waals surface area contributed by atoms with Crippen LogP contribution in [0.3, 0.4) is 0 Å². The van der Waals surface area contributed by atoms with E-state index < -0.39 is 11.6 Å². The summed E-state index contributed by atoms with van der Waals surface area (Å²) in [7, 11) is 0. The molecule has 0 aliphatic heterocycles. The zero-order valence-electron chi connectivity index (χ0n) is 10.8. The zero-order valence-corrected chi connectivity index (χ0v) is 12.3. The maximum absolute atomic E-state index is 13.7. The molecule has 0 fully saturated rings. The van der Waals surface area contributed by atoms with E-state index in [2.05, 4.69) is 11.8 Å². The van der Waals surface area contributed by atoms with Gasteiger partial charge in [-0.2, -0.15) is 0 Å². The van der Waals surface area contributed by atoms with Crippen LogP contribution in [0.25, 0.3) is 0 Å². The van der Waals surface area contributed by atoms with Gasteiger partial charge in [-0.3, -0.25) is 0 Å². The number of halogens is 4. The molecule has 5 heteroatoms. The molecule has 0 spiro atoms. The molecule has 0 heterocycles. The Hall–Kier alpha value is -1.76. The van der Waals surface area contributed by atoms with E-state index in [0.717, 1.165) is 0 Å². The summed E-state index contributed by atoms with van der Waals surface area (Å²) in [5.74, 6) is 4.83. The van der Waals surface area contributed by atoms with Gasteiger partial charge in [0, 0.05) is 11.6 Å². The van der Waals surface area contributed by atoms with Gasteiger partial charge in [-0.25, -0.2) is 8.78 Å². The van der Waals surface area contributed by atoms with Crippen molar-refractivity contribution in [2.45, 2.75) is 6.61 Å². The molecule has 0 amide bonds. The Bertz CT molecular complexity index is 685. The van der Waals surface area contributed by atoms with Crippen molar-refractivity contribution in [1.82, 2.24) is 0 Å². The summed E-state index contributed by atoms with van der Waals surface area (Å²) >= 11 is 11.4. The van der Waals surface area contributed by atoms with Crippen molar-refractivity contribution in [2.24, 2.45) is 0 Å². The first kappa shape index (κ1) is 15.6. The lowest BCUT2D eigenvalue weighted by atomic mass is 10.2. The molecule has 0 unspecified atom stereocenters. The highest BCUT2D eigenvalue weighted by molar-refractivity contribution is 6.31. The molecule has 0 saturated carbocycles. The highest BCUT2D eigenvalue weighted by atomic mass is 35.5. The molecule has 2 aromatic rings. The molecule has 0 radical (unpaired) electrons. The van der Waals surface area contributed by atoms with Gasteiger partial charge in [-0.15, -0.1) is 11.6 Å². The number of hydrogen-bond acceptors (Lipinski definition) is 1. The third-order valence-electron chi connectivity index (χ3n) is 2.67. The second kappa shape index (κ2) is 7.31. The lowest BCUT2D eigenvalue weighted by molar-refractivity contribution is 0.297. The molecule has 0 bridgehead atoms. The lowest BCUT2D eigenvalue weighted by Gasteiger charge is -2.10. The smallest absolute Gasteiger partial charge is 0.138 e. The van der Waals surface area contributed by atoms with Gasteiger partial charge in [0.2, 0.25) is 0 Å². The SMILES string of the molecule is Fc1ccc(C#CCCl)c(OCc2c(F)cccc2Cl)c1. The second-order valence-electron chi connectivity index (χ2n) is 4.06. The molecule has 0 aliphatic carbocycles. The van der Waals surface area contributed by atoms with Crippen LogP contribution in [0.1, 0.15) is 11.1 Å². The fourth-order valence-electron chi connectivity index (χ4n) is 1.67. The minimum absolute atomic E-state index is 0.121. The fourth-order valence-corrected chi connectivity index (χ4v) is 1.95. The number of benzene rings is 2. The predicted octanol–water partition coefficient (Wildman–Crippen LogP) is 4.79. The van der Waals surface area contributed by atoms with Crippen molar-refractivity contribution in [3.8, 4) is 17.6 Å². The van der Waals surface area contributed by atoms with E-state index >= 15 is 0 Å². The summed E-state index contributed by atoms with van der Waals surface area (Å²) in [5, 5.41) is 0.250. The first-order valence-electron chi connectivity index (χ1n) is 6.02. The Labute approximate surface area is 131 Å². The average Bonchev–Trinajstić information content (AvgIpc) is 2.46. The predicted molar refractivity (Wildman–Crippen MR) is 79.7 cm³/mol. The molecular weight excluding hydrogens is 317 g/mol. The van der Waals surface area contributed by atoms with Crippen LogP contribution in [0.5, 0.6) is 5.75 Å². The Balaban J connectivity index is 2.25. The van der Waals surface area contributed by atoms with E-state index in [1.54, 1.807) is 6.07 Å². The summed E-state index contributed by atoms with van der Waals surface area (Å²) in [5.41, 5.74) is 0.684. The Morgan fingerprint density at radius 2 is 1.95 bits per heavy atom. The van der Waals surface area contributed by atoms with E-state index in [1.165, 1.54) is 30.3 Å². The van der Waals surface area contributed by atoms with Crippen LogP contribution in [0, 0.1) is 23.5 Å². The summed E-state index contributed by atoms with van der Waals surface area (Å²) < 4.78 is 32.4. The summed E-state index contributed by atoms with van der Waals surface area (Å²) in [6.45, 7) is -0.121. The van der Waals surface area contributed by atoms with Crippen LogP contribution in [-0.2, 0) is 6.61 Å². The Kier molecular flexibility index (Phi) is 5.44. The van der Waals surface area contributed by atoms with Gasteiger partial charge in [0.05, 0.1) is 16.5 Å². The van der Waals surface area contributed by atoms with E-state index in [0.29, 0.717) is 5.56 Å². The lowest BCUT2D eigenvalue weighted by Crippen LogP contribution is -2.01. The van der Waals surface area contributed by atoms with E-state index in [9.17, 15) is 8.78 Å². The van der Waals surface area contributed by atoms with E-state index in [4.69, 9.17) is 27.9 Å². The maximum Gasteiger partial charge on any atom is 0.138 e. The van der Waals surface area contributed by atoms with Crippen molar-refractivity contribution in [3.05, 3.63) is 64.2 Å². The van der Waals surface area contributed by atoms with Crippen molar-refractivity contribution >= 4 is 23.2 Å². The van der Waals surface area contributed by atoms with Crippen molar-refractivity contribution in [1.29, 1.82) is 0 Å². The van der Waals surface area contributed by atoms with Crippen LogP contribution < -0.4 is 4.74 Å². The molecule has 0 saturated heterocycles. The number of ether oxygens (including phenoxy) is 1. The van der Waals surface area contributed by atoms with E-state index in [1.807, 2.05) is 0 Å². The molecule has 0 atom stereocenters. The topological polar surface area (TPSA) is 9.23 Å². The van der Waals surface area contributed by atoms with Crippen LogP contribution >= 0.6 is 23.2 Å². The number of hydrogen-bond donors (Lipinski definition) is 0. The fraction of sp³-hybridized carbons (Fsp3) is 0.125. The largest absolute Gasteiger partial charge is 0.487 e. The molecule has 2 rings (SSSR count). The molecule has 21 heavy (non-hydrogen) atoms. The normalized spacial score (nSPS) is 9.90. The monoisotopic (exact) mass is 326 g/mol. The van der Waals surface area contributed by atoms with Crippen LogP contribution in [0.2, 0.25) is 5.02 Å². The van der Waals surface area contributed by atoms with Gasteiger partial charge in [0.1, 0.15) is 24.0 Å². The maximum atomic E-state index is 13.7. The average molecular weight is 327 g/mol. The molecule has 0 aromatic heterocycles. The highest BCUT2D eigenvalue weighted by Crippen LogP contribution is 2.24. The molecule has 2 aromatic carbocycles. The summed E-state index contributed by atoms with van der Waals surface area (Å²) in [6, 6.07) is 8.27. The zero-order chi connectivity index (χ0) is 15.2. The van der Waals surface area contributed by atoms with Gasteiger partial charge >= 0.3 is 0 Å². The molecule has 1 nitrogen and oxygen atoms in total. The van der Waals surface area contributed by atoms with Gasteiger partial charge in [0.15, 0.2) is 0 Å². The third-order valence-corrected chi connectivity index (χ3v) is 3.15. The third kappa shape index (κ3) is 4.10. The van der Waals surface area contributed by atoms with Gasteiger partial charge in [0.25, 0.3) is 0 Å². The van der Waals surface area contributed by atoms with Crippen molar-refractivity contribution in [2.75, 3.05) is 5.88 Å². The number of rotatable bonds is 3. The van der Waals surface area contributed by atoms with Gasteiger partial charge in [-0.1, -0.05) is 29.5 Å². The quantitative estimate of drug-likeness (QED) is 0.582. The first-order chi connectivity index (χ1) is 10.1. The van der Waals surface area contributed by atoms with Crippen molar-refractivity contribution < 1.29 is 13.5 Å². The van der Waals surface area contributed by atoms with Gasteiger partial charge in [-0.05, 0) is 24.3 Å². The van der Waals surface area contributed by atoms with Crippen LogP contribution in [0.4, 0.5) is 8.78 Å². The van der Waals surface area contributed by atoms with E-state index in [-0.39, 0.29) is 28.8 Å². The summed E-state index contributed by atoms with van der Waals surface area (Å²) in [6.07, 6.45) is 0. The highest BCUT2D eigenvalue weighted by Gasteiger charge is 2.10. The van der Waals surface area contributed by atoms with Crippen LogP contribution in [-0.4, -0.2) is 5.88 Å². The molecule has 0 aliphatic rings. The Morgan fingerprint density at radius 1 is 1.14 bits per heavy atom. The summed E-state index contributed by atoms with van der Waals surface area (Å²) in [4.78, 5) is 0. The molecular formula is C16H10Cl2F2O. The van der Waals surface area contributed by atoms with Crippen molar-refractivity contribution in [3.63, 3.8) is 0 Å². The standard InChI is InChI=1S/C16H10Cl2F2O/c17-8-2-3-11-6-7-12(19)9-16(11)21-10-13-14(18)4-1-5-15(13)20/h1,4-7,9H,8,10H2. The minimum Gasteiger partial charge on any atom is -0.487 e. The molecule has 0 N–H and O–H groups in total. The second-order valence-corrected chi connectivity index (χ2v) is 4.74. The Morgan fingerprint density at radius 3 is 2.67 bits per heavy atom. The van der Waals surface area contributed by atoms with Crippen LogP contribution in [0.15, 0.2) is 36.4 Å². The minimum atomic E-state index is -0.479. The first-order valence-corrected chi connectivity index (χ1v) is 6.93. The number of alkyl halides is 1. The van der Waals surface area contributed by atoms with Gasteiger partial charge < -0.3 is 4.74 Å². The molecule has 108 valence electrons.